The van der Waals surface area contributed by atoms with Crippen molar-refractivity contribution in [3.8, 4) is 0 Å². The van der Waals surface area contributed by atoms with Gasteiger partial charge in [-0.15, -0.1) is 10.5 Å². The molecule has 0 radical (unpaired) electrons. The SMILES string of the molecule is C=S(c1ncc[nH]1)C(C)C. The van der Waals surface area contributed by atoms with Crippen LogP contribution in [0.5, 0.6) is 0 Å². The Morgan fingerprint density at radius 2 is 2.40 bits per heavy atom. The number of nitrogens with one attached hydrogen (secondary N) is 1. The Balaban J connectivity index is 2.78. The number of hydrogen-bond acceptors (Lipinski definition) is 1. The average molecular weight is 156 g/mol. The fraction of sp³-hybridized carbons (Fsp3) is 0.429. The van der Waals surface area contributed by atoms with Gasteiger partial charge < -0.3 is 4.98 Å². The van der Waals surface area contributed by atoms with Crippen molar-refractivity contribution in [2.45, 2.75) is 24.3 Å². The molecule has 0 aromatic carbocycles. The van der Waals surface area contributed by atoms with Gasteiger partial charge in [0.05, 0.1) is 0 Å². The lowest BCUT2D eigenvalue weighted by Crippen LogP contribution is -1.91. The standard InChI is InChI=1S/C7H12N2S/c1-6(2)10(3)7-8-4-5-9-7/h4-6H,3H2,1-2H3,(H,8,9). The smallest absolute Gasteiger partial charge is 0.159 e. The summed E-state index contributed by atoms with van der Waals surface area (Å²) in [6, 6.07) is 0. The minimum atomic E-state index is 0.0293. The molecule has 1 rings (SSSR count). The molecule has 0 aliphatic heterocycles. The maximum atomic E-state index is 4.13. The van der Waals surface area contributed by atoms with Crippen LogP contribution in [-0.2, 0) is 0 Å². The molecule has 1 atom stereocenters. The third-order valence-electron chi connectivity index (χ3n) is 1.29. The van der Waals surface area contributed by atoms with Crippen molar-refractivity contribution in [1.29, 1.82) is 0 Å². The first-order valence-corrected chi connectivity index (χ1v) is 4.69. The molecular weight excluding hydrogens is 144 g/mol. The molecule has 1 heterocycles. The van der Waals surface area contributed by atoms with E-state index in [1.54, 1.807) is 6.20 Å². The minimum Gasteiger partial charge on any atom is -0.340 e. The predicted octanol–water partition coefficient (Wildman–Crippen LogP) is 1.88. The molecule has 0 spiro atoms. The highest BCUT2D eigenvalue weighted by Crippen LogP contribution is 2.24. The molecule has 1 unspecified atom stereocenters. The summed E-state index contributed by atoms with van der Waals surface area (Å²) < 4.78 is 0. The summed E-state index contributed by atoms with van der Waals surface area (Å²) in [5.74, 6) is 4.01. The number of imidazole rings is 1. The molecule has 1 aromatic heterocycles. The topological polar surface area (TPSA) is 28.7 Å². The van der Waals surface area contributed by atoms with E-state index in [0.29, 0.717) is 5.25 Å². The highest BCUT2D eigenvalue weighted by molar-refractivity contribution is 8.14. The largest absolute Gasteiger partial charge is 0.340 e. The Morgan fingerprint density at radius 1 is 1.70 bits per heavy atom. The van der Waals surface area contributed by atoms with Crippen LogP contribution in [-0.4, -0.2) is 21.1 Å². The molecule has 1 N–H and O–H groups in total. The molecule has 0 saturated heterocycles. The van der Waals surface area contributed by atoms with Gasteiger partial charge in [0.2, 0.25) is 0 Å². The fourth-order valence-electron chi connectivity index (χ4n) is 0.617. The first-order valence-electron chi connectivity index (χ1n) is 3.24. The summed E-state index contributed by atoms with van der Waals surface area (Å²) in [4.78, 5) is 7.19. The lowest BCUT2D eigenvalue weighted by atomic mass is 10.6. The third kappa shape index (κ3) is 1.48. The molecular formula is C7H12N2S. The van der Waals surface area contributed by atoms with Crippen LogP contribution in [0.3, 0.4) is 0 Å². The summed E-state index contributed by atoms with van der Waals surface area (Å²) in [6.07, 6.45) is 3.60. The molecule has 3 heteroatoms. The van der Waals surface area contributed by atoms with E-state index in [0.717, 1.165) is 5.16 Å². The Kier molecular flexibility index (Phi) is 2.27. The molecule has 56 valence electrons. The van der Waals surface area contributed by atoms with E-state index in [-0.39, 0.29) is 10.5 Å². The van der Waals surface area contributed by atoms with Crippen molar-refractivity contribution in [2.75, 3.05) is 0 Å². The molecule has 0 amide bonds. The van der Waals surface area contributed by atoms with E-state index in [9.17, 15) is 0 Å². The number of rotatable bonds is 2. The van der Waals surface area contributed by atoms with Gasteiger partial charge in [0.1, 0.15) is 0 Å². The van der Waals surface area contributed by atoms with Crippen LogP contribution >= 0.6 is 10.5 Å². The van der Waals surface area contributed by atoms with Gasteiger partial charge in [-0.2, -0.15) is 0 Å². The number of aromatic amines is 1. The highest BCUT2D eigenvalue weighted by Gasteiger charge is 2.01. The molecule has 10 heavy (non-hydrogen) atoms. The van der Waals surface area contributed by atoms with Crippen molar-refractivity contribution in [2.24, 2.45) is 0 Å². The van der Waals surface area contributed by atoms with Gasteiger partial charge in [-0.05, 0) is 0 Å². The molecule has 0 fully saturated rings. The Hall–Kier alpha value is -0.570. The first kappa shape index (κ1) is 7.54. The third-order valence-corrected chi connectivity index (χ3v) is 3.15. The van der Waals surface area contributed by atoms with Gasteiger partial charge in [-0.3, -0.25) is 0 Å². The van der Waals surface area contributed by atoms with Crippen LogP contribution in [0.25, 0.3) is 0 Å². The average Bonchev–Trinajstić information content (AvgIpc) is 2.36. The van der Waals surface area contributed by atoms with Crippen molar-refractivity contribution in [3.05, 3.63) is 12.4 Å². The zero-order valence-corrected chi connectivity index (χ0v) is 7.11. The normalized spacial score (nSPS) is 13.9. The Labute approximate surface area is 63.6 Å². The zero-order valence-electron chi connectivity index (χ0n) is 6.29. The number of aromatic nitrogens is 2. The number of hydrogen-bond donors (Lipinski definition) is 1. The van der Waals surface area contributed by atoms with Gasteiger partial charge in [0.25, 0.3) is 0 Å². The van der Waals surface area contributed by atoms with Gasteiger partial charge in [-0.1, -0.05) is 19.7 Å². The van der Waals surface area contributed by atoms with Gasteiger partial charge in [-0.25, -0.2) is 4.98 Å². The summed E-state index contributed by atoms with van der Waals surface area (Å²) in [7, 11) is 0.0293. The quantitative estimate of drug-likeness (QED) is 0.651. The van der Waals surface area contributed by atoms with E-state index >= 15 is 0 Å². The Morgan fingerprint density at radius 3 is 2.80 bits per heavy atom. The molecule has 0 bridgehead atoms. The zero-order chi connectivity index (χ0) is 7.56. The van der Waals surface area contributed by atoms with Crippen LogP contribution in [0.1, 0.15) is 13.8 Å². The van der Waals surface area contributed by atoms with Crippen LogP contribution < -0.4 is 0 Å². The Bertz CT molecular complexity index is 214. The van der Waals surface area contributed by atoms with Crippen molar-refractivity contribution in [3.63, 3.8) is 0 Å². The van der Waals surface area contributed by atoms with Gasteiger partial charge >= 0.3 is 0 Å². The minimum absolute atomic E-state index is 0.0293. The van der Waals surface area contributed by atoms with Crippen molar-refractivity contribution >= 4 is 16.4 Å². The monoisotopic (exact) mass is 156 g/mol. The van der Waals surface area contributed by atoms with Gasteiger partial charge in [0.15, 0.2) is 5.16 Å². The number of nitrogens with zero attached hydrogens (tertiary/aromatic N) is 1. The van der Waals surface area contributed by atoms with E-state index in [4.69, 9.17) is 0 Å². The summed E-state index contributed by atoms with van der Waals surface area (Å²) in [5, 5.41) is 1.58. The lowest BCUT2D eigenvalue weighted by molar-refractivity contribution is 1.02. The highest BCUT2D eigenvalue weighted by atomic mass is 32.2. The van der Waals surface area contributed by atoms with E-state index in [1.165, 1.54) is 0 Å². The van der Waals surface area contributed by atoms with E-state index in [2.05, 4.69) is 29.7 Å². The summed E-state index contributed by atoms with van der Waals surface area (Å²) in [6.45, 7) is 4.30. The lowest BCUT2D eigenvalue weighted by Gasteiger charge is -2.06. The van der Waals surface area contributed by atoms with Crippen LogP contribution in [0.15, 0.2) is 17.6 Å². The second kappa shape index (κ2) is 3.01. The summed E-state index contributed by atoms with van der Waals surface area (Å²) in [5.41, 5.74) is 0. The molecule has 0 aliphatic carbocycles. The molecule has 0 saturated carbocycles. The van der Waals surface area contributed by atoms with Crippen LogP contribution in [0.2, 0.25) is 0 Å². The van der Waals surface area contributed by atoms with E-state index < -0.39 is 0 Å². The fourth-order valence-corrected chi connectivity index (χ4v) is 1.48. The molecule has 1 aromatic rings. The first-order chi connectivity index (χ1) is 4.72. The maximum absolute atomic E-state index is 4.13. The van der Waals surface area contributed by atoms with Crippen LogP contribution in [0, 0.1) is 0 Å². The van der Waals surface area contributed by atoms with Crippen LogP contribution in [0.4, 0.5) is 0 Å². The van der Waals surface area contributed by atoms with Crippen molar-refractivity contribution < 1.29 is 0 Å². The second-order valence-corrected chi connectivity index (χ2v) is 4.56. The van der Waals surface area contributed by atoms with E-state index in [1.807, 2.05) is 6.20 Å². The molecule has 0 aliphatic rings. The maximum Gasteiger partial charge on any atom is 0.159 e. The predicted molar refractivity (Wildman–Crippen MR) is 46.7 cm³/mol. The summed E-state index contributed by atoms with van der Waals surface area (Å²) >= 11 is 0. The van der Waals surface area contributed by atoms with Gasteiger partial charge in [0, 0.05) is 17.6 Å². The second-order valence-electron chi connectivity index (χ2n) is 2.37. The number of H-pyrrole nitrogens is 1. The molecule has 2 nitrogen and oxygen atoms in total. The van der Waals surface area contributed by atoms with Crippen molar-refractivity contribution in [1.82, 2.24) is 9.97 Å².